The number of ether oxygens (including phenoxy) is 1. The predicted molar refractivity (Wildman–Crippen MR) is 63.1 cm³/mol. The van der Waals surface area contributed by atoms with Crippen LogP contribution in [0.3, 0.4) is 0 Å². The van der Waals surface area contributed by atoms with Crippen molar-refractivity contribution in [2.75, 3.05) is 12.8 Å². The summed E-state index contributed by atoms with van der Waals surface area (Å²) in [6.45, 7) is 1.65. The minimum absolute atomic E-state index is 0.0990. The summed E-state index contributed by atoms with van der Waals surface area (Å²) in [5, 5.41) is 19.4. The second-order valence-electron chi connectivity index (χ2n) is 4.02. The molecule has 0 saturated heterocycles. The van der Waals surface area contributed by atoms with Crippen molar-refractivity contribution in [3.8, 4) is 0 Å². The summed E-state index contributed by atoms with van der Waals surface area (Å²) in [5.41, 5.74) is 6.25. The van der Waals surface area contributed by atoms with Gasteiger partial charge in [0.15, 0.2) is 0 Å². The maximum absolute atomic E-state index is 13.6. The first-order valence-corrected chi connectivity index (χ1v) is 5.35. The van der Waals surface area contributed by atoms with Gasteiger partial charge in [-0.15, -0.1) is 0 Å². The van der Waals surface area contributed by atoms with Gasteiger partial charge in [-0.1, -0.05) is 0 Å². The molecule has 6 heteroatoms. The summed E-state index contributed by atoms with van der Waals surface area (Å²) in [6.07, 6.45) is -3.36. The second-order valence-corrected chi connectivity index (χ2v) is 4.02. The molecular weight excluding hydrogens is 241 g/mol. The van der Waals surface area contributed by atoms with Gasteiger partial charge in [0, 0.05) is 11.3 Å². The number of anilines is 1. The van der Waals surface area contributed by atoms with Crippen LogP contribution in [0.4, 0.5) is 10.1 Å². The van der Waals surface area contributed by atoms with Gasteiger partial charge in [-0.25, -0.2) is 4.39 Å². The highest BCUT2D eigenvalue weighted by Gasteiger charge is 2.24. The van der Waals surface area contributed by atoms with E-state index in [1.807, 2.05) is 0 Å². The zero-order valence-electron chi connectivity index (χ0n) is 10.2. The maximum atomic E-state index is 13.6. The Morgan fingerprint density at radius 1 is 1.50 bits per heavy atom. The van der Waals surface area contributed by atoms with Crippen LogP contribution in [0.5, 0.6) is 0 Å². The first kappa shape index (κ1) is 14.4. The predicted octanol–water partition coefficient (Wildman–Crippen LogP) is 0.674. The summed E-state index contributed by atoms with van der Waals surface area (Å²) in [5.74, 6) is -1.41. The summed E-state index contributed by atoms with van der Waals surface area (Å²) in [7, 11) is 1.16. The highest BCUT2D eigenvalue weighted by molar-refractivity contribution is 5.69. The number of hydrogen-bond acceptors (Lipinski definition) is 5. The van der Waals surface area contributed by atoms with Crippen LogP contribution in [0.25, 0.3) is 0 Å². The molecule has 0 heterocycles. The standard InChI is InChI=1S/C12H16FNO4/c1-6-3-7(8(13)4-9(6)14)12(17)10(15)5-11(16)18-2/h3-4,10,12,15,17H,5,14H2,1-2H3. The minimum atomic E-state index is -1.51. The average molecular weight is 257 g/mol. The number of benzene rings is 1. The Morgan fingerprint density at radius 2 is 2.11 bits per heavy atom. The third-order valence-electron chi connectivity index (χ3n) is 2.67. The van der Waals surface area contributed by atoms with Crippen molar-refractivity contribution in [3.63, 3.8) is 0 Å². The van der Waals surface area contributed by atoms with Crippen molar-refractivity contribution >= 4 is 11.7 Å². The molecule has 1 aromatic rings. The molecule has 0 fully saturated rings. The number of nitrogen functional groups attached to an aromatic ring is 1. The molecule has 0 bridgehead atoms. The van der Waals surface area contributed by atoms with Crippen LogP contribution in [-0.2, 0) is 9.53 Å². The molecule has 0 aromatic heterocycles. The fourth-order valence-corrected chi connectivity index (χ4v) is 1.52. The summed E-state index contributed by atoms with van der Waals surface area (Å²) < 4.78 is 17.9. The lowest BCUT2D eigenvalue weighted by Crippen LogP contribution is -2.23. The van der Waals surface area contributed by atoms with Crippen molar-refractivity contribution in [2.24, 2.45) is 0 Å². The molecule has 4 N–H and O–H groups in total. The van der Waals surface area contributed by atoms with Crippen LogP contribution >= 0.6 is 0 Å². The maximum Gasteiger partial charge on any atom is 0.308 e. The van der Waals surface area contributed by atoms with Crippen molar-refractivity contribution in [2.45, 2.75) is 25.6 Å². The SMILES string of the molecule is COC(=O)CC(O)C(O)c1cc(C)c(N)cc1F. The Morgan fingerprint density at radius 3 is 2.67 bits per heavy atom. The molecule has 2 unspecified atom stereocenters. The lowest BCUT2D eigenvalue weighted by molar-refractivity contribution is -0.144. The van der Waals surface area contributed by atoms with E-state index < -0.39 is 30.4 Å². The topological polar surface area (TPSA) is 92.8 Å². The van der Waals surface area contributed by atoms with Gasteiger partial charge < -0.3 is 20.7 Å². The van der Waals surface area contributed by atoms with E-state index in [2.05, 4.69) is 4.74 Å². The fourth-order valence-electron chi connectivity index (χ4n) is 1.52. The van der Waals surface area contributed by atoms with Gasteiger partial charge in [0.25, 0.3) is 0 Å². The molecule has 0 amide bonds. The monoisotopic (exact) mass is 257 g/mol. The molecule has 0 radical (unpaired) electrons. The van der Waals surface area contributed by atoms with E-state index in [0.29, 0.717) is 5.56 Å². The molecule has 0 spiro atoms. The average Bonchev–Trinajstić information content (AvgIpc) is 2.32. The van der Waals surface area contributed by atoms with Crippen LogP contribution in [0.15, 0.2) is 12.1 Å². The normalized spacial score (nSPS) is 14.1. The Kier molecular flexibility index (Phi) is 4.63. The Bertz CT molecular complexity index is 450. The lowest BCUT2D eigenvalue weighted by atomic mass is 9.99. The number of carbonyl (C=O) groups excluding carboxylic acids is 1. The molecular formula is C12H16FNO4. The Balaban J connectivity index is 2.93. The van der Waals surface area contributed by atoms with Crippen LogP contribution < -0.4 is 5.73 Å². The van der Waals surface area contributed by atoms with E-state index in [4.69, 9.17) is 5.73 Å². The number of methoxy groups -OCH3 is 1. The lowest BCUT2D eigenvalue weighted by Gasteiger charge is -2.18. The number of rotatable bonds is 4. The molecule has 0 aliphatic carbocycles. The van der Waals surface area contributed by atoms with Gasteiger partial charge in [-0.2, -0.15) is 0 Å². The molecule has 0 aliphatic heterocycles. The van der Waals surface area contributed by atoms with Crippen molar-refractivity contribution < 1.29 is 24.1 Å². The van der Waals surface area contributed by atoms with Gasteiger partial charge in [0.05, 0.1) is 19.6 Å². The van der Waals surface area contributed by atoms with Crippen LogP contribution in [0.2, 0.25) is 0 Å². The molecule has 1 rings (SSSR count). The number of aliphatic hydroxyl groups is 2. The molecule has 1 aromatic carbocycles. The summed E-state index contributed by atoms with van der Waals surface area (Å²) in [4.78, 5) is 11.0. The van der Waals surface area contributed by atoms with E-state index in [9.17, 15) is 19.4 Å². The zero-order chi connectivity index (χ0) is 13.9. The number of aliphatic hydroxyl groups excluding tert-OH is 2. The molecule has 2 atom stereocenters. The largest absolute Gasteiger partial charge is 0.469 e. The van der Waals surface area contributed by atoms with E-state index in [1.165, 1.54) is 6.07 Å². The van der Waals surface area contributed by atoms with E-state index in [-0.39, 0.29) is 11.3 Å². The molecule has 0 saturated carbocycles. The summed E-state index contributed by atoms with van der Waals surface area (Å²) >= 11 is 0. The van der Waals surface area contributed by atoms with Gasteiger partial charge in [0.2, 0.25) is 0 Å². The number of hydrogen-bond donors (Lipinski definition) is 3. The van der Waals surface area contributed by atoms with Crippen molar-refractivity contribution in [3.05, 3.63) is 29.1 Å². The third kappa shape index (κ3) is 3.18. The van der Waals surface area contributed by atoms with E-state index in [1.54, 1.807) is 6.92 Å². The Hall–Kier alpha value is -1.66. The molecule has 18 heavy (non-hydrogen) atoms. The number of halogens is 1. The number of nitrogens with two attached hydrogens (primary N) is 1. The highest BCUT2D eigenvalue weighted by atomic mass is 19.1. The smallest absolute Gasteiger partial charge is 0.308 e. The van der Waals surface area contributed by atoms with E-state index in [0.717, 1.165) is 13.2 Å². The minimum Gasteiger partial charge on any atom is -0.469 e. The van der Waals surface area contributed by atoms with Crippen LogP contribution in [-0.4, -0.2) is 29.4 Å². The van der Waals surface area contributed by atoms with Gasteiger partial charge in [-0.3, -0.25) is 4.79 Å². The zero-order valence-corrected chi connectivity index (χ0v) is 10.2. The van der Waals surface area contributed by atoms with Crippen LogP contribution in [0.1, 0.15) is 23.7 Å². The van der Waals surface area contributed by atoms with Crippen molar-refractivity contribution in [1.29, 1.82) is 0 Å². The van der Waals surface area contributed by atoms with Crippen LogP contribution in [0, 0.1) is 12.7 Å². The third-order valence-corrected chi connectivity index (χ3v) is 2.67. The van der Waals surface area contributed by atoms with Crippen molar-refractivity contribution in [1.82, 2.24) is 0 Å². The Labute approximate surface area is 104 Å². The first-order valence-electron chi connectivity index (χ1n) is 5.35. The van der Waals surface area contributed by atoms with Gasteiger partial charge in [-0.05, 0) is 24.6 Å². The molecule has 5 nitrogen and oxygen atoms in total. The fraction of sp³-hybridized carbons (Fsp3) is 0.417. The quantitative estimate of drug-likeness (QED) is 0.544. The first-order chi connectivity index (χ1) is 8.36. The van der Waals surface area contributed by atoms with Gasteiger partial charge in [0.1, 0.15) is 11.9 Å². The van der Waals surface area contributed by atoms with Gasteiger partial charge >= 0.3 is 5.97 Å². The second kappa shape index (κ2) is 5.79. The number of aryl methyl sites for hydroxylation is 1. The highest BCUT2D eigenvalue weighted by Crippen LogP contribution is 2.26. The molecule has 0 aliphatic rings. The van der Waals surface area contributed by atoms with E-state index >= 15 is 0 Å². The summed E-state index contributed by atoms with van der Waals surface area (Å²) in [6, 6.07) is 2.41. The number of carbonyl (C=O) groups is 1. The number of esters is 1. The molecule has 100 valence electrons.